The summed E-state index contributed by atoms with van der Waals surface area (Å²) in [5, 5.41) is 0. The third-order valence-corrected chi connectivity index (χ3v) is 21.1. The van der Waals surface area contributed by atoms with E-state index in [2.05, 4.69) is 0 Å². The third kappa shape index (κ3) is 11.7. The molecular weight excluding hydrogens is 625 g/mol. The van der Waals surface area contributed by atoms with Gasteiger partial charge in [-0.2, -0.15) is 0 Å². The molecule has 7 aliphatic rings. The molecule has 0 atom stereocenters. The molecule has 0 N–H and O–H groups in total. The molecule has 1 heterocycles. The van der Waals surface area contributed by atoms with Crippen molar-refractivity contribution in [3.8, 4) is 0 Å². The maximum absolute atomic E-state index is 1.61. The number of hydrogen-bond donors (Lipinski definition) is 0. The van der Waals surface area contributed by atoms with E-state index in [1.54, 1.807) is 164 Å². The van der Waals surface area contributed by atoms with Gasteiger partial charge in [0.15, 0.2) is 0 Å². The van der Waals surface area contributed by atoms with Crippen molar-refractivity contribution in [3.05, 3.63) is 0 Å². The van der Waals surface area contributed by atoms with Crippen molar-refractivity contribution in [3.63, 3.8) is 0 Å². The summed E-state index contributed by atoms with van der Waals surface area (Å²) in [6.45, 7) is 0. The average Bonchev–Trinajstić information content (AvgIpc) is 3.95. The average molecular weight is 695 g/mol. The first-order valence-corrected chi connectivity index (χ1v) is 24.7. The Morgan fingerprint density at radius 1 is 0.244 bits per heavy atom. The van der Waals surface area contributed by atoms with Gasteiger partial charge in [0.1, 0.15) is 0 Å². The molecule has 0 radical (unpaired) electrons. The van der Waals surface area contributed by atoms with Crippen molar-refractivity contribution >= 4 is 15.8 Å². The van der Waals surface area contributed by atoms with Crippen LogP contribution in [0, 0.1) is 0 Å². The molecule has 6 saturated carbocycles. The fourth-order valence-electron chi connectivity index (χ4n) is 10.1. The molecule has 0 nitrogen and oxygen atoms in total. The SMILES string of the molecule is C1CCC(P(C2CCCCC2)C2CCCCC2)CC1.C1CCC(P(C2CCCCC2)C2CCCCC2)CC1.[CH2]1[CH2][Pd]1. The topological polar surface area (TPSA) is 0 Å². The van der Waals surface area contributed by atoms with Crippen molar-refractivity contribution in [2.75, 3.05) is 0 Å². The van der Waals surface area contributed by atoms with Crippen molar-refractivity contribution in [2.45, 2.75) is 236 Å². The van der Waals surface area contributed by atoms with Crippen LogP contribution in [0.25, 0.3) is 0 Å². The maximum atomic E-state index is 1.61. The van der Waals surface area contributed by atoms with E-state index in [4.69, 9.17) is 0 Å². The van der Waals surface area contributed by atoms with Crippen LogP contribution in [-0.2, 0) is 18.0 Å². The van der Waals surface area contributed by atoms with Crippen LogP contribution >= 0.6 is 15.8 Å². The van der Waals surface area contributed by atoms with Gasteiger partial charge in [0.25, 0.3) is 0 Å². The van der Waals surface area contributed by atoms with Gasteiger partial charge >= 0.3 is 27.8 Å². The summed E-state index contributed by atoms with van der Waals surface area (Å²) in [5.41, 5.74) is 7.14. The molecule has 7 rings (SSSR count). The summed E-state index contributed by atoms with van der Waals surface area (Å²) in [6, 6.07) is 0. The molecular formula is C38H70P2Pd. The Kier molecular flexibility index (Phi) is 16.4. The second kappa shape index (κ2) is 19.9. The van der Waals surface area contributed by atoms with Gasteiger partial charge in [-0.3, -0.25) is 0 Å². The van der Waals surface area contributed by atoms with Crippen molar-refractivity contribution < 1.29 is 18.0 Å². The summed E-state index contributed by atoms with van der Waals surface area (Å²) >= 11 is 1.20. The zero-order valence-corrected chi connectivity index (χ0v) is 30.6. The Morgan fingerprint density at radius 3 is 0.512 bits per heavy atom. The first-order chi connectivity index (χ1) is 20.4. The van der Waals surface area contributed by atoms with E-state index in [-0.39, 0.29) is 0 Å². The van der Waals surface area contributed by atoms with E-state index in [0.29, 0.717) is 15.8 Å². The molecule has 3 heteroatoms. The Bertz CT molecular complexity index is 503. The summed E-state index contributed by atoms with van der Waals surface area (Å²) in [5.74, 6) is 0. The summed E-state index contributed by atoms with van der Waals surface area (Å²) < 4.78 is 0. The summed E-state index contributed by atoms with van der Waals surface area (Å²) in [6.07, 6.45) is 47.2. The van der Waals surface area contributed by atoms with Crippen LogP contribution in [0.1, 0.15) is 193 Å². The van der Waals surface area contributed by atoms with E-state index in [1.165, 1.54) is 90.5 Å². The molecule has 0 aromatic heterocycles. The molecule has 0 unspecified atom stereocenters. The molecule has 0 aromatic carbocycles. The van der Waals surface area contributed by atoms with Gasteiger partial charge in [-0.15, -0.1) is 0 Å². The Morgan fingerprint density at radius 2 is 0.390 bits per heavy atom. The quantitative estimate of drug-likeness (QED) is 0.192. The van der Waals surface area contributed by atoms with Gasteiger partial charge in [-0.05, 0) is 111 Å². The van der Waals surface area contributed by atoms with Crippen molar-refractivity contribution in [1.29, 1.82) is 0 Å². The summed E-state index contributed by atoms with van der Waals surface area (Å²) in [7, 11) is 0.770. The molecule has 0 spiro atoms. The molecule has 41 heavy (non-hydrogen) atoms. The predicted octanol–water partition coefficient (Wildman–Crippen LogP) is 13.9. The van der Waals surface area contributed by atoms with Gasteiger partial charge in [-0.25, -0.2) is 0 Å². The van der Waals surface area contributed by atoms with Gasteiger partial charge in [0.05, 0.1) is 0 Å². The molecule has 1 saturated heterocycles. The second-order valence-corrected chi connectivity index (χ2v) is 23.6. The van der Waals surface area contributed by atoms with E-state index >= 15 is 0 Å². The first-order valence-electron chi connectivity index (χ1n) is 19.4. The molecule has 0 bridgehead atoms. The normalized spacial score (nSPS) is 28.7. The van der Waals surface area contributed by atoms with Crippen molar-refractivity contribution in [2.24, 2.45) is 0 Å². The van der Waals surface area contributed by atoms with Crippen LogP contribution in [0.4, 0.5) is 0 Å². The van der Waals surface area contributed by atoms with E-state index < -0.39 is 0 Å². The first kappa shape index (κ1) is 33.9. The second-order valence-electron chi connectivity index (χ2n) is 15.1. The molecule has 242 valence electrons. The van der Waals surface area contributed by atoms with Crippen molar-refractivity contribution in [1.82, 2.24) is 0 Å². The minimum absolute atomic E-state index is 0.385. The van der Waals surface area contributed by atoms with Crippen LogP contribution in [0.15, 0.2) is 0 Å². The third-order valence-electron chi connectivity index (χ3n) is 12.1. The van der Waals surface area contributed by atoms with E-state index in [9.17, 15) is 0 Å². The standard InChI is InChI=1S/2C18H33P.C2H4.Pd/c2*1-4-10-16(11-5-1)19(17-12-6-2-7-13-17)18-14-8-3-9-15-18;1-2;/h2*16-18H,1-15H2;1-2H2;. The monoisotopic (exact) mass is 694 g/mol. The van der Waals surface area contributed by atoms with Crippen LogP contribution in [0.3, 0.4) is 0 Å². The molecule has 6 aliphatic carbocycles. The van der Waals surface area contributed by atoms with E-state index in [1.807, 2.05) is 0 Å². The minimum atomic E-state index is 0.385. The fraction of sp³-hybridized carbons (Fsp3) is 1.00. The van der Waals surface area contributed by atoms with Gasteiger partial charge < -0.3 is 0 Å². The fourth-order valence-corrected chi connectivity index (χ4v) is 19.4. The molecule has 7 fully saturated rings. The Hall–Kier alpha value is 1.52. The van der Waals surface area contributed by atoms with Crippen LogP contribution < -0.4 is 0 Å². The predicted molar refractivity (Wildman–Crippen MR) is 185 cm³/mol. The van der Waals surface area contributed by atoms with Crippen LogP contribution in [0.2, 0.25) is 9.79 Å². The zero-order valence-electron chi connectivity index (χ0n) is 27.3. The van der Waals surface area contributed by atoms with E-state index in [0.717, 1.165) is 0 Å². The molecule has 0 amide bonds. The number of hydrogen-bond acceptors (Lipinski definition) is 0. The zero-order chi connectivity index (χ0) is 28.0. The number of rotatable bonds is 6. The van der Waals surface area contributed by atoms with Gasteiger partial charge in [0, 0.05) is 0 Å². The van der Waals surface area contributed by atoms with Gasteiger partial charge in [-0.1, -0.05) is 131 Å². The molecule has 0 aromatic rings. The van der Waals surface area contributed by atoms with Crippen LogP contribution in [0.5, 0.6) is 0 Å². The van der Waals surface area contributed by atoms with Crippen LogP contribution in [-0.4, -0.2) is 34.0 Å². The Balaban J connectivity index is 0.000000149. The summed E-state index contributed by atoms with van der Waals surface area (Å²) in [4.78, 5) is 3.10. The van der Waals surface area contributed by atoms with Gasteiger partial charge in [0.2, 0.25) is 0 Å². The Labute approximate surface area is 268 Å². The molecule has 1 aliphatic heterocycles.